The Hall–Kier alpha value is -3.81. The molecule has 3 aromatic rings. The molecule has 0 spiro atoms. The molecule has 0 saturated heterocycles. The van der Waals surface area contributed by atoms with Crippen LogP contribution >= 0.6 is 0 Å². The third-order valence-electron chi connectivity index (χ3n) is 5.72. The summed E-state index contributed by atoms with van der Waals surface area (Å²) in [7, 11) is 0. The van der Waals surface area contributed by atoms with Crippen molar-refractivity contribution in [1.29, 1.82) is 0 Å². The predicted molar refractivity (Wildman–Crippen MR) is 111 cm³/mol. The zero-order valence-corrected chi connectivity index (χ0v) is 17.0. The van der Waals surface area contributed by atoms with Crippen LogP contribution in [-0.4, -0.2) is 37.4 Å². The summed E-state index contributed by atoms with van der Waals surface area (Å²) in [6.07, 6.45) is 1.75. The van der Waals surface area contributed by atoms with Gasteiger partial charge in [0.1, 0.15) is 11.6 Å². The molecule has 2 aliphatic heterocycles. The van der Waals surface area contributed by atoms with E-state index in [2.05, 4.69) is 15.4 Å². The molecule has 31 heavy (non-hydrogen) atoms. The molecule has 1 N–H and O–H groups in total. The number of aryl methyl sites for hydroxylation is 2. The van der Waals surface area contributed by atoms with E-state index in [1.165, 1.54) is 4.90 Å². The Morgan fingerprint density at radius 3 is 2.42 bits per heavy atom. The number of hydrogen-bond donors (Lipinski definition) is 1. The van der Waals surface area contributed by atoms with Gasteiger partial charge in [-0.25, -0.2) is 9.67 Å². The Morgan fingerprint density at radius 1 is 1.06 bits per heavy atom. The predicted octanol–water partition coefficient (Wildman–Crippen LogP) is 2.65. The van der Waals surface area contributed by atoms with Crippen molar-refractivity contribution in [3.8, 4) is 0 Å². The quantitative estimate of drug-likeness (QED) is 0.661. The van der Waals surface area contributed by atoms with Gasteiger partial charge < -0.3 is 5.32 Å². The van der Waals surface area contributed by atoms with E-state index in [0.29, 0.717) is 22.5 Å². The van der Waals surface area contributed by atoms with Crippen molar-refractivity contribution in [3.05, 3.63) is 82.4 Å². The van der Waals surface area contributed by atoms with Gasteiger partial charge in [-0.15, -0.1) is 0 Å². The van der Waals surface area contributed by atoms with Gasteiger partial charge in [0.2, 0.25) is 0 Å². The van der Waals surface area contributed by atoms with Crippen molar-refractivity contribution in [3.63, 3.8) is 0 Å². The second-order valence-electron chi connectivity index (χ2n) is 7.85. The first-order valence-electron chi connectivity index (χ1n) is 10.3. The normalized spacial score (nSPS) is 17.5. The van der Waals surface area contributed by atoms with Gasteiger partial charge in [0.25, 0.3) is 17.7 Å². The number of rotatable bonds is 4. The van der Waals surface area contributed by atoms with Gasteiger partial charge in [-0.3, -0.25) is 19.3 Å². The van der Waals surface area contributed by atoms with Gasteiger partial charge in [-0.2, -0.15) is 5.10 Å². The van der Waals surface area contributed by atoms with Crippen LogP contribution < -0.4 is 5.32 Å². The van der Waals surface area contributed by atoms with Crippen molar-refractivity contribution in [2.75, 3.05) is 0 Å². The second kappa shape index (κ2) is 7.46. The number of carbonyl (C=O) groups is 3. The van der Waals surface area contributed by atoms with Crippen molar-refractivity contribution in [2.24, 2.45) is 0 Å². The monoisotopic (exact) mass is 415 g/mol. The van der Waals surface area contributed by atoms with E-state index in [1.807, 2.05) is 11.6 Å². The lowest BCUT2D eigenvalue weighted by molar-refractivity contribution is 0.0641. The van der Waals surface area contributed by atoms with E-state index >= 15 is 0 Å². The number of aromatic nitrogens is 3. The lowest BCUT2D eigenvalue weighted by Crippen LogP contribution is -2.33. The summed E-state index contributed by atoms with van der Waals surface area (Å²) in [5.74, 6) is 0.720. The summed E-state index contributed by atoms with van der Waals surface area (Å²) >= 11 is 0. The molecule has 0 unspecified atom stereocenters. The van der Waals surface area contributed by atoms with Gasteiger partial charge in [-0.1, -0.05) is 24.3 Å². The number of nitrogens with zero attached hydrogens (tertiary/aromatic N) is 4. The third-order valence-corrected chi connectivity index (χ3v) is 5.72. The lowest BCUT2D eigenvalue weighted by atomic mass is 10.1. The molecule has 2 aromatic carbocycles. The standard InChI is InChI=1S/C23H21N5O3/c1-14-24-20-19(7-4-12-28(20)26-14)25-21(29)16-10-8-15(9-11-16)13-27-22(30)17-5-2-3-6-18(17)23(27)31/h2-3,5-6,8-11,19H,4,7,12-13H2,1H3,(H,25,29)/t19-/m0/s1. The van der Waals surface area contributed by atoms with E-state index in [4.69, 9.17) is 0 Å². The Balaban J connectivity index is 1.27. The molecule has 2 aliphatic rings. The van der Waals surface area contributed by atoms with Gasteiger partial charge >= 0.3 is 0 Å². The van der Waals surface area contributed by atoms with Crippen molar-refractivity contribution in [1.82, 2.24) is 25.0 Å². The van der Waals surface area contributed by atoms with E-state index in [1.54, 1.807) is 48.5 Å². The topological polar surface area (TPSA) is 97.2 Å². The molecule has 0 fully saturated rings. The first-order valence-corrected chi connectivity index (χ1v) is 10.3. The number of benzene rings is 2. The van der Waals surface area contributed by atoms with Crippen LogP contribution in [0, 0.1) is 6.92 Å². The average molecular weight is 415 g/mol. The minimum Gasteiger partial charge on any atom is -0.342 e. The maximum absolute atomic E-state index is 12.8. The smallest absolute Gasteiger partial charge is 0.261 e. The minimum atomic E-state index is -0.292. The summed E-state index contributed by atoms with van der Waals surface area (Å²) in [6.45, 7) is 2.82. The third kappa shape index (κ3) is 3.39. The number of nitrogens with one attached hydrogen (secondary N) is 1. The molecule has 156 valence electrons. The van der Waals surface area contributed by atoms with Crippen LogP contribution in [0.2, 0.25) is 0 Å². The molecule has 0 radical (unpaired) electrons. The molecule has 1 aromatic heterocycles. The molecule has 3 amide bonds. The number of carbonyl (C=O) groups excluding carboxylic acids is 3. The molecule has 1 atom stereocenters. The van der Waals surface area contributed by atoms with Crippen LogP contribution in [0.1, 0.15) is 67.2 Å². The highest BCUT2D eigenvalue weighted by Crippen LogP contribution is 2.25. The van der Waals surface area contributed by atoms with Crippen LogP contribution in [0.25, 0.3) is 0 Å². The fourth-order valence-corrected chi connectivity index (χ4v) is 4.17. The zero-order chi connectivity index (χ0) is 21.5. The second-order valence-corrected chi connectivity index (χ2v) is 7.85. The molecule has 8 nitrogen and oxygen atoms in total. The Labute approximate surface area is 178 Å². The molecular weight excluding hydrogens is 394 g/mol. The maximum atomic E-state index is 12.8. The van der Waals surface area contributed by atoms with Gasteiger partial charge in [0.05, 0.1) is 23.7 Å². The van der Waals surface area contributed by atoms with Crippen molar-refractivity contribution < 1.29 is 14.4 Å². The number of imide groups is 1. The van der Waals surface area contributed by atoms with Crippen LogP contribution in [-0.2, 0) is 13.1 Å². The SMILES string of the molecule is Cc1nc2n(n1)CCC[C@@H]2NC(=O)c1ccc(CN2C(=O)c3ccccc3C2=O)cc1. The average Bonchev–Trinajstić information content (AvgIpc) is 3.28. The fraction of sp³-hybridized carbons (Fsp3) is 0.261. The molecule has 0 saturated carbocycles. The van der Waals surface area contributed by atoms with E-state index < -0.39 is 0 Å². The van der Waals surface area contributed by atoms with Crippen molar-refractivity contribution in [2.45, 2.75) is 38.9 Å². The maximum Gasteiger partial charge on any atom is 0.261 e. The first-order chi connectivity index (χ1) is 15.0. The van der Waals surface area contributed by atoms with Crippen LogP contribution in [0.3, 0.4) is 0 Å². The summed E-state index contributed by atoms with van der Waals surface area (Å²) in [5.41, 5.74) is 2.15. The number of hydrogen-bond acceptors (Lipinski definition) is 5. The van der Waals surface area contributed by atoms with E-state index in [0.717, 1.165) is 30.8 Å². The Kier molecular flexibility index (Phi) is 4.62. The molecule has 5 rings (SSSR count). The summed E-state index contributed by atoms with van der Waals surface area (Å²) in [6, 6.07) is 13.6. The molecule has 0 aliphatic carbocycles. The highest BCUT2D eigenvalue weighted by Gasteiger charge is 2.35. The van der Waals surface area contributed by atoms with Gasteiger partial charge in [-0.05, 0) is 49.6 Å². The lowest BCUT2D eigenvalue weighted by Gasteiger charge is -2.23. The Morgan fingerprint density at radius 2 is 1.74 bits per heavy atom. The summed E-state index contributed by atoms with van der Waals surface area (Å²) < 4.78 is 1.86. The van der Waals surface area contributed by atoms with Crippen LogP contribution in [0.4, 0.5) is 0 Å². The number of fused-ring (bicyclic) bond motifs is 2. The first kappa shape index (κ1) is 19.2. The molecule has 8 heteroatoms. The number of amides is 3. The van der Waals surface area contributed by atoms with Gasteiger partial charge in [0, 0.05) is 12.1 Å². The van der Waals surface area contributed by atoms with E-state index in [-0.39, 0.29) is 30.3 Å². The Bertz CT molecular complexity index is 1160. The van der Waals surface area contributed by atoms with Crippen LogP contribution in [0.15, 0.2) is 48.5 Å². The molecule has 3 heterocycles. The summed E-state index contributed by atoms with van der Waals surface area (Å²) in [5, 5.41) is 7.41. The summed E-state index contributed by atoms with van der Waals surface area (Å²) in [4.78, 5) is 43.5. The van der Waals surface area contributed by atoms with E-state index in [9.17, 15) is 14.4 Å². The zero-order valence-electron chi connectivity index (χ0n) is 17.0. The largest absolute Gasteiger partial charge is 0.342 e. The molecule has 0 bridgehead atoms. The highest BCUT2D eigenvalue weighted by molar-refractivity contribution is 6.21. The van der Waals surface area contributed by atoms with Gasteiger partial charge in [0.15, 0.2) is 0 Å². The fourth-order valence-electron chi connectivity index (χ4n) is 4.17. The molecular formula is C23H21N5O3. The minimum absolute atomic E-state index is 0.166. The van der Waals surface area contributed by atoms with Crippen molar-refractivity contribution >= 4 is 17.7 Å². The van der Waals surface area contributed by atoms with Crippen LogP contribution in [0.5, 0.6) is 0 Å². The highest BCUT2D eigenvalue weighted by atomic mass is 16.2.